The maximum absolute atomic E-state index is 12.2. The Hall–Kier alpha value is -3.62. The van der Waals surface area contributed by atoms with Crippen LogP contribution in [0.2, 0.25) is 0 Å². The molecule has 9 nitrogen and oxygen atoms in total. The average molecular weight is 419 g/mol. The first kappa shape index (κ1) is 24.4. The van der Waals surface area contributed by atoms with Crippen molar-refractivity contribution in [3.05, 3.63) is 59.1 Å². The molecule has 0 fully saturated rings. The van der Waals surface area contributed by atoms with Gasteiger partial charge in [-0.15, -0.1) is 0 Å². The molecule has 0 amide bonds. The molecule has 0 aliphatic rings. The lowest BCUT2D eigenvalue weighted by molar-refractivity contribution is -0.147. The zero-order valence-corrected chi connectivity index (χ0v) is 17.4. The van der Waals surface area contributed by atoms with Crippen molar-refractivity contribution >= 4 is 23.9 Å². The van der Waals surface area contributed by atoms with Crippen LogP contribution in [0.25, 0.3) is 0 Å². The van der Waals surface area contributed by atoms with Gasteiger partial charge in [0.05, 0.1) is 25.4 Å². The molecule has 1 aromatic carbocycles. The molecule has 0 aliphatic carbocycles. The Bertz CT molecular complexity index is 804. The van der Waals surface area contributed by atoms with Gasteiger partial charge in [-0.25, -0.2) is 19.2 Å². The monoisotopic (exact) mass is 419 g/mol. The van der Waals surface area contributed by atoms with Gasteiger partial charge in [-0.2, -0.15) is 0 Å². The van der Waals surface area contributed by atoms with Crippen LogP contribution in [0, 0.1) is 6.92 Å². The molecule has 1 aromatic rings. The summed E-state index contributed by atoms with van der Waals surface area (Å²) in [7, 11) is 0. The Labute approximate surface area is 174 Å². The van der Waals surface area contributed by atoms with Gasteiger partial charge >= 0.3 is 23.9 Å². The fourth-order valence-electron chi connectivity index (χ4n) is 1.99. The van der Waals surface area contributed by atoms with Crippen LogP contribution in [0.15, 0.2) is 48.0 Å². The number of carbonyl (C=O) groups excluding carboxylic acids is 4. The van der Waals surface area contributed by atoms with Crippen molar-refractivity contribution in [3.8, 4) is 0 Å². The molecule has 1 rings (SSSR count). The molecule has 0 spiro atoms. The van der Waals surface area contributed by atoms with Crippen molar-refractivity contribution in [2.45, 2.75) is 27.7 Å². The predicted octanol–water partition coefficient (Wildman–Crippen LogP) is 2.16. The summed E-state index contributed by atoms with van der Waals surface area (Å²) in [4.78, 5) is 48.3. The third-order valence-corrected chi connectivity index (χ3v) is 3.43. The summed E-state index contributed by atoms with van der Waals surface area (Å²) in [6.07, 6.45) is 1.77. The van der Waals surface area contributed by atoms with Gasteiger partial charge in [0.1, 0.15) is 6.26 Å². The summed E-state index contributed by atoms with van der Waals surface area (Å²) < 4.78 is 19.5. The van der Waals surface area contributed by atoms with Crippen LogP contribution in [0.5, 0.6) is 0 Å². The maximum Gasteiger partial charge on any atom is 0.357 e. The molecular weight excluding hydrogens is 394 g/mol. The number of carbonyl (C=O) groups is 4. The molecule has 0 atom stereocenters. The first-order valence-corrected chi connectivity index (χ1v) is 9.29. The minimum absolute atomic E-state index is 0.0321. The Balaban J connectivity index is 3.08. The number of nitrogens with one attached hydrogen (secondary N) is 1. The van der Waals surface area contributed by atoms with Crippen molar-refractivity contribution in [3.63, 3.8) is 0 Å². The van der Waals surface area contributed by atoms with E-state index >= 15 is 0 Å². The van der Waals surface area contributed by atoms with E-state index in [1.54, 1.807) is 45.0 Å². The summed E-state index contributed by atoms with van der Waals surface area (Å²) in [5, 5.41) is 2.44. The Morgan fingerprint density at radius 2 is 1.33 bits per heavy atom. The highest BCUT2D eigenvalue weighted by Gasteiger charge is 2.22. The van der Waals surface area contributed by atoms with Crippen LogP contribution in [-0.2, 0) is 33.3 Å². The third kappa shape index (κ3) is 7.78. The van der Waals surface area contributed by atoms with Gasteiger partial charge in [-0.3, -0.25) is 0 Å². The van der Waals surface area contributed by atoms with E-state index in [0.717, 1.165) is 18.0 Å². The van der Waals surface area contributed by atoms with E-state index in [0.29, 0.717) is 0 Å². The molecule has 0 saturated carbocycles. The van der Waals surface area contributed by atoms with E-state index in [1.165, 1.54) is 0 Å². The van der Waals surface area contributed by atoms with E-state index in [1.807, 2.05) is 6.92 Å². The highest BCUT2D eigenvalue weighted by molar-refractivity contribution is 6.14. The van der Waals surface area contributed by atoms with Crippen molar-refractivity contribution in [1.29, 1.82) is 0 Å². The zero-order chi connectivity index (χ0) is 22.5. The number of esters is 4. The van der Waals surface area contributed by atoms with Crippen LogP contribution in [0.4, 0.5) is 0 Å². The van der Waals surface area contributed by atoms with Gasteiger partial charge < -0.3 is 24.3 Å². The normalized spacial score (nSPS) is 10.5. The van der Waals surface area contributed by atoms with Gasteiger partial charge in [-0.1, -0.05) is 17.7 Å². The van der Waals surface area contributed by atoms with Gasteiger partial charge in [0.2, 0.25) is 0 Å². The molecule has 30 heavy (non-hydrogen) atoms. The maximum atomic E-state index is 12.2. The summed E-state index contributed by atoms with van der Waals surface area (Å²) in [5.74, 6) is -3.46. The summed E-state index contributed by atoms with van der Waals surface area (Å²) in [5.41, 5.74) is 0.447. The van der Waals surface area contributed by atoms with Crippen LogP contribution in [0.1, 0.15) is 36.7 Å². The number of rotatable bonds is 10. The number of aryl methyl sites for hydroxylation is 1. The second-order valence-corrected chi connectivity index (χ2v) is 5.67. The smallest absolute Gasteiger partial charge is 0.357 e. The van der Waals surface area contributed by atoms with Gasteiger partial charge in [0.15, 0.2) is 11.3 Å². The third-order valence-electron chi connectivity index (χ3n) is 3.43. The van der Waals surface area contributed by atoms with Crippen LogP contribution >= 0.6 is 0 Å². The second kappa shape index (κ2) is 12.8. The summed E-state index contributed by atoms with van der Waals surface area (Å²) in [6.45, 7) is 6.72. The molecule has 0 radical (unpaired) electrons. The molecular formula is C21H25NO8. The molecule has 162 valence electrons. The minimum Gasteiger partial charge on any atom is -0.462 e. The number of ether oxygens (including phenoxy) is 4. The number of benzene rings is 1. The highest BCUT2D eigenvalue weighted by Crippen LogP contribution is 2.07. The van der Waals surface area contributed by atoms with E-state index in [2.05, 4.69) is 5.32 Å². The molecule has 0 bridgehead atoms. The van der Waals surface area contributed by atoms with Crippen molar-refractivity contribution in [2.24, 2.45) is 0 Å². The first-order valence-electron chi connectivity index (χ1n) is 9.29. The molecule has 0 aliphatic heterocycles. The zero-order valence-electron chi connectivity index (χ0n) is 17.4. The Kier molecular flexibility index (Phi) is 10.4. The van der Waals surface area contributed by atoms with Crippen molar-refractivity contribution < 1.29 is 38.1 Å². The molecule has 9 heteroatoms. The Morgan fingerprint density at radius 3 is 1.83 bits per heavy atom. The molecule has 1 N–H and O–H groups in total. The second-order valence-electron chi connectivity index (χ2n) is 5.67. The number of hydrogen-bond acceptors (Lipinski definition) is 9. The SMILES string of the molecule is CCOC(=O)C(=CN/C(=C\OC(=O)c1ccc(C)cc1)C(=O)OCC)C(=O)OCC. The quantitative estimate of drug-likeness (QED) is 0.152. The van der Waals surface area contributed by atoms with Crippen LogP contribution < -0.4 is 5.32 Å². The standard InChI is InChI=1S/C21H25NO8/c1-5-27-19(24)16(20(25)28-6-2)12-22-17(21(26)29-7-3)13-30-18(23)15-10-8-14(4)9-11-15/h8-13,22H,5-7H2,1-4H3/b17-13-. The minimum atomic E-state index is -0.941. The molecule has 0 heterocycles. The fourth-order valence-corrected chi connectivity index (χ4v) is 1.99. The van der Waals surface area contributed by atoms with Crippen molar-refractivity contribution in [2.75, 3.05) is 19.8 Å². The van der Waals surface area contributed by atoms with Crippen LogP contribution in [-0.4, -0.2) is 43.7 Å². The molecule has 0 saturated heterocycles. The van der Waals surface area contributed by atoms with E-state index in [9.17, 15) is 19.2 Å². The number of hydrogen-bond donors (Lipinski definition) is 1. The highest BCUT2D eigenvalue weighted by atomic mass is 16.6. The van der Waals surface area contributed by atoms with E-state index < -0.39 is 29.5 Å². The predicted molar refractivity (Wildman–Crippen MR) is 106 cm³/mol. The largest absolute Gasteiger partial charge is 0.462 e. The lowest BCUT2D eigenvalue weighted by Gasteiger charge is -2.10. The average Bonchev–Trinajstić information content (AvgIpc) is 2.71. The summed E-state index contributed by atoms with van der Waals surface area (Å²) >= 11 is 0. The van der Waals surface area contributed by atoms with Gasteiger partial charge in [0.25, 0.3) is 0 Å². The van der Waals surface area contributed by atoms with Gasteiger partial charge in [0, 0.05) is 6.20 Å². The summed E-state index contributed by atoms with van der Waals surface area (Å²) in [6, 6.07) is 6.61. The van der Waals surface area contributed by atoms with Crippen LogP contribution in [0.3, 0.4) is 0 Å². The molecule has 0 aromatic heterocycles. The Morgan fingerprint density at radius 1 is 0.833 bits per heavy atom. The lowest BCUT2D eigenvalue weighted by atomic mass is 10.1. The molecule has 0 unspecified atom stereocenters. The fraction of sp³-hybridized carbons (Fsp3) is 0.333. The van der Waals surface area contributed by atoms with Crippen molar-refractivity contribution in [1.82, 2.24) is 5.32 Å². The lowest BCUT2D eigenvalue weighted by Crippen LogP contribution is -2.24. The first-order chi connectivity index (χ1) is 14.3. The topological polar surface area (TPSA) is 117 Å². The van der Waals surface area contributed by atoms with Gasteiger partial charge in [-0.05, 0) is 39.8 Å². The van der Waals surface area contributed by atoms with E-state index in [-0.39, 0.29) is 31.1 Å². The van der Waals surface area contributed by atoms with E-state index in [4.69, 9.17) is 18.9 Å².